The lowest BCUT2D eigenvalue weighted by molar-refractivity contribution is -0.0855. The van der Waals surface area contributed by atoms with Crippen LogP contribution in [0.4, 0.5) is 0 Å². The summed E-state index contributed by atoms with van der Waals surface area (Å²) in [7, 11) is 1.77. The summed E-state index contributed by atoms with van der Waals surface area (Å²) in [6.07, 6.45) is 3.91. The lowest BCUT2D eigenvalue weighted by atomic mass is 9.94. The maximum Gasteiger partial charge on any atom is 0.191 e. The molecule has 7 heteroatoms. The van der Waals surface area contributed by atoms with Gasteiger partial charge in [-0.25, -0.2) is 4.99 Å². The molecule has 2 heterocycles. The van der Waals surface area contributed by atoms with Crippen molar-refractivity contribution in [2.75, 3.05) is 33.4 Å². The monoisotopic (exact) mass is 366 g/mol. The van der Waals surface area contributed by atoms with E-state index in [1.807, 2.05) is 6.07 Å². The van der Waals surface area contributed by atoms with Gasteiger partial charge in [-0.15, -0.1) is 0 Å². The zero-order valence-corrected chi connectivity index (χ0v) is 16.6. The molecule has 0 bridgehead atoms. The molecule has 2 N–H and O–H groups in total. The first kappa shape index (κ1) is 20.7. The van der Waals surface area contributed by atoms with Crippen molar-refractivity contribution < 1.29 is 14.0 Å². The van der Waals surface area contributed by atoms with Crippen LogP contribution in [0, 0.1) is 0 Å². The molecule has 1 fully saturated rings. The molecule has 0 spiro atoms. The number of guanidine groups is 1. The number of nitrogens with one attached hydrogen (secondary N) is 2. The van der Waals surface area contributed by atoms with Crippen LogP contribution < -0.4 is 10.6 Å². The standard InChI is InChI=1S/C19H34N4O3/c1-5-15(6-2)17-12-16(26-23-17)13-21-18(20-7-3)22-14-19(24-4)8-10-25-11-9-19/h12,15H,5-11,13-14H2,1-4H3,(H2,20,21,22). The fourth-order valence-corrected chi connectivity index (χ4v) is 3.24. The minimum absolute atomic E-state index is 0.191. The summed E-state index contributed by atoms with van der Waals surface area (Å²) in [6.45, 7) is 9.84. The van der Waals surface area contributed by atoms with Crippen molar-refractivity contribution in [3.05, 3.63) is 17.5 Å². The Morgan fingerprint density at radius 2 is 2.00 bits per heavy atom. The second-order valence-corrected chi connectivity index (χ2v) is 6.78. The van der Waals surface area contributed by atoms with Crippen LogP contribution in [0.5, 0.6) is 0 Å². The SMILES string of the molecule is CCNC(=NCc1cc(C(CC)CC)no1)NCC1(OC)CCOCC1. The summed E-state index contributed by atoms with van der Waals surface area (Å²) in [6, 6.07) is 2.03. The second-order valence-electron chi connectivity index (χ2n) is 6.78. The van der Waals surface area contributed by atoms with E-state index in [2.05, 4.69) is 41.6 Å². The quantitative estimate of drug-likeness (QED) is 0.517. The zero-order valence-electron chi connectivity index (χ0n) is 16.6. The van der Waals surface area contributed by atoms with Crippen LogP contribution in [0.25, 0.3) is 0 Å². The smallest absolute Gasteiger partial charge is 0.191 e. The van der Waals surface area contributed by atoms with E-state index in [9.17, 15) is 0 Å². The molecule has 0 aliphatic carbocycles. The first-order chi connectivity index (χ1) is 12.7. The fourth-order valence-electron chi connectivity index (χ4n) is 3.24. The Morgan fingerprint density at radius 1 is 1.27 bits per heavy atom. The zero-order chi connectivity index (χ0) is 18.8. The lowest BCUT2D eigenvalue weighted by Crippen LogP contribution is -2.50. The van der Waals surface area contributed by atoms with E-state index in [1.165, 1.54) is 0 Å². The number of hydrogen-bond donors (Lipinski definition) is 2. The lowest BCUT2D eigenvalue weighted by Gasteiger charge is -2.36. The van der Waals surface area contributed by atoms with Gasteiger partial charge < -0.3 is 24.6 Å². The molecule has 0 radical (unpaired) electrons. The van der Waals surface area contributed by atoms with Gasteiger partial charge in [-0.05, 0) is 19.8 Å². The van der Waals surface area contributed by atoms with Crippen molar-refractivity contribution in [1.82, 2.24) is 15.8 Å². The molecule has 2 rings (SSSR count). The van der Waals surface area contributed by atoms with Gasteiger partial charge in [0.1, 0.15) is 6.54 Å². The summed E-state index contributed by atoms with van der Waals surface area (Å²) in [4.78, 5) is 4.63. The van der Waals surface area contributed by atoms with Crippen LogP contribution in [0.15, 0.2) is 15.6 Å². The number of ether oxygens (including phenoxy) is 2. The fraction of sp³-hybridized carbons (Fsp3) is 0.789. The number of nitrogens with zero attached hydrogens (tertiary/aromatic N) is 2. The highest BCUT2D eigenvalue weighted by Crippen LogP contribution is 2.24. The average molecular weight is 367 g/mol. The third-order valence-electron chi connectivity index (χ3n) is 5.13. The Labute approximate surface area is 156 Å². The maximum atomic E-state index is 5.77. The van der Waals surface area contributed by atoms with E-state index in [0.29, 0.717) is 19.0 Å². The highest BCUT2D eigenvalue weighted by atomic mass is 16.5. The van der Waals surface area contributed by atoms with E-state index in [1.54, 1.807) is 7.11 Å². The molecule has 7 nitrogen and oxygen atoms in total. The van der Waals surface area contributed by atoms with Crippen LogP contribution in [-0.2, 0) is 16.0 Å². The third kappa shape index (κ3) is 5.71. The van der Waals surface area contributed by atoms with E-state index in [0.717, 1.165) is 62.9 Å². The Balaban J connectivity index is 1.95. The van der Waals surface area contributed by atoms with Crippen molar-refractivity contribution >= 4 is 5.96 Å². The molecule has 0 saturated carbocycles. The molecule has 0 atom stereocenters. The summed E-state index contributed by atoms with van der Waals surface area (Å²) in [5, 5.41) is 10.9. The van der Waals surface area contributed by atoms with Crippen molar-refractivity contribution in [2.24, 2.45) is 4.99 Å². The van der Waals surface area contributed by atoms with Crippen LogP contribution in [0.3, 0.4) is 0 Å². The second kappa shape index (κ2) is 10.5. The molecule has 1 aliphatic heterocycles. The number of aromatic nitrogens is 1. The number of rotatable bonds is 9. The Hall–Kier alpha value is -1.60. The van der Waals surface area contributed by atoms with Gasteiger partial charge in [-0.1, -0.05) is 19.0 Å². The summed E-state index contributed by atoms with van der Waals surface area (Å²) in [5.74, 6) is 2.01. The Morgan fingerprint density at radius 3 is 2.62 bits per heavy atom. The van der Waals surface area contributed by atoms with Crippen LogP contribution in [0.2, 0.25) is 0 Å². The molecule has 0 unspecified atom stereocenters. The van der Waals surface area contributed by atoms with Crippen molar-refractivity contribution in [1.29, 1.82) is 0 Å². The molecule has 0 amide bonds. The molecular weight excluding hydrogens is 332 g/mol. The van der Waals surface area contributed by atoms with Crippen molar-refractivity contribution in [2.45, 2.75) is 64.5 Å². The maximum absolute atomic E-state index is 5.77. The molecule has 26 heavy (non-hydrogen) atoms. The highest BCUT2D eigenvalue weighted by Gasteiger charge is 2.32. The predicted octanol–water partition coefficient (Wildman–Crippen LogP) is 2.83. The van der Waals surface area contributed by atoms with Gasteiger partial charge in [0.05, 0.1) is 11.3 Å². The van der Waals surface area contributed by atoms with E-state index in [-0.39, 0.29) is 5.60 Å². The van der Waals surface area contributed by atoms with E-state index in [4.69, 9.17) is 14.0 Å². The Kier molecular flexibility index (Phi) is 8.38. The normalized spacial score (nSPS) is 17.5. The van der Waals surface area contributed by atoms with Gasteiger partial charge >= 0.3 is 0 Å². The molecular formula is C19H34N4O3. The van der Waals surface area contributed by atoms with Gasteiger partial charge in [0, 0.05) is 58.2 Å². The van der Waals surface area contributed by atoms with Gasteiger partial charge in [-0.3, -0.25) is 0 Å². The minimum atomic E-state index is -0.191. The van der Waals surface area contributed by atoms with Crippen molar-refractivity contribution in [3.8, 4) is 0 Å². The highest BCUT2D eigenvalue weighted by molar-refractivity contribution is 5.79. The number of hydrogen-bond acceptors (Lipinski definition) is 5. The first-order valence-electron chi connectivity index (χ1n) is 9.77. The molecule has 1 aromatic heterocycles. The largest absolute Gasteiger partial charge is 0.381 e. The summed E-state index contributed by atoms with van der Waals surface area (Å²) in [5.41, 5.74) is 0.835. The summed E-state index contributed by atoms with van der Waals surface area (Å²) < 4.78 is 16.7. The van der Waals surface area contributed by atoms with Gasteiger partial charge in [0.25, 0.3) is 0 Å². The van der Waals surface area contributed by atoms with E-state index < -0.39 is 0 Å². The van der Waals surface area contributed by atoms with Gasteiger partial charge in [0.2, 0.25) is 0 Å². The van der Waals surface area contributed by atoms with Gasteiger partial charge in [0.15, 0.2) is 11.7 Å². The van der Waals surface area contributed by atoms with Crippen LogP contribution in [-0.4, -0.2) is 50.1 Å². The third-order valence-corrected chi connectivity index (χ3v) is 5.13. The summed E-state index contributed by atoms with van der Waals surface area (Å²) >= 11 is 0. The average Bonchev–Trinajstić information content (AvgIpc) is 3.14. The first-order valence-corrected chi connectivity index (χ1v) is 9.77. The minimum Gasteiger partial charge on any atom is -0.381 e. The molecule has 1 aliphatic rings. The topological polar surface area (TPSA) is 80.9 Å². The molecule has 1 saturated heterocycles. The van der Waals surface area contributed by atoms with E-state index >= 15 is 0 Å². The molecule has 0 aromatic carbocycles. The van der Waals surface area contributed by atoms with Crippen LogP contribution >= 0.6 is 0 Å². The van der Waals surface area contributed by atoms with Crippen molar-refractivity contribution in [3.63, 3.8) is 0 Å². The van der Waals surface area contributed by atoms with Gasteiger partial charge in [-0.2, -0.15) is 0 Å². The Bertz CT molecular complexity index is 549. The molecule has 148 valence electrons. The number of methoxy groups -OCH3 is 1. The predicted molar refractivity (Wildman–Crippen MR) is 102 cm³/mol. The number of aliphatic imine (C=N–C) groups is 1. The van der Waals surface area contributed by atoms with Crippen LogP contribution in [0.1, 0.15) is 63.8 Å². The molecule has 1 aromatic rings.